The Bertz CT molecular complexity index is 394. The summed E-state index contributed by atoms with van der Waals surface area (Å²) in [5.41, 5.74) is -0.804. The second kappa shape index (κ2) is 4.05. The van der Waals surface area contributed by atoms with Gasteiger partial charge < -0.3 is 9.84 Å². The van der Waals surface area contributed by atoms with Crippen molar-refractivity contribution in [3.63, 3.8) is 0 Å². The maximum absolute atomic E-state index is 11.8. The summed E-state index contributed by atoms with van der Waals surface area (Å²) in [7, 11) is 0. The number of alkyl halides is 3. The van der Waals surface area contributed by atoms with E-state index in [2.05, 4.69) is 25.7 Å². The number of rotatable bonds is 2. The molecule has 1 aromatic rings. The van der Waals surface area contributed by atoms with Crippen LogP contribution in [0.3, 0.4) is 0 Å². The molecule has 0 atom stereocenters. The lowest BCUT2D eigenvalue weighted by Gasteiger charge is -2.10. The highest BCUT2D eigenvalue weighted by atomic mass is 79.9. The van der Waals surface area contributed by atoms with Gasteiger partial charge in [0.15, 0.2) is 11.4 Å². The number of aromatic nitrogens is 1. The Morgan fingerprint density at radius 1 is 1.47 bits per heavy atom. The zero-order valence-corrected chi connectivity index (χ0v) is 8.46. The van der Waals surface area contributed by atoms with Gasteiger partial charge in [-0.3, -0.25) is 0 Å². The van der Waals surface area contributed by atoms with E-state index in [1.807, 2.05) is 0 Å². The number of carboxylic acids is 1. The molecule has 15 heavy (non-hydrogen) atoms. The molecular formula is C7H3BrF3NO3. The number of hydrogen-bond acceptors (Lipinski definition) is 3. The van der Waals surface area contributed by atoms with Crippen molar-refractivity contribution in [3.8, 4) is 5.75 Å². The second-order valence-corrected chi connectivity index (χ2v) is 3.15. The van der Waals surface area contributed by atoms with Crippen LogP contribution in [0.5, 0.6) is 5.75 Å². The topological polar surface area (TPSA) is 59.4 Å². The van der Waals surface area contributed by atoms with Crippen LogP contribution in [0.4, 0.5) is 13.2 Å². The van der Waals surface area contributed by atoms with Gasteiger partial charge in [-0.25, -0.2) is 9.78 Å². The third-order valence-electron chi connectivity index (χ3n) is 1.25. The second-order valence-electron chi connectivity index (χ2n) is 2.33. The van der Waals surface area contributed by atoms with Crippen LogP contribution < -0.4 is 4.74 Å². The van der Waals surface area contributed by atoms with Crippen molar-refractivity contribution in [3.05, 3.63) is 22.4 Å². The van der Waals surface area contributed by atoms with Gasteiger partial charge in [0.2, 0.25) is 0 Å². The maximum Gasteiger partial charge on any atom is 0.573 e. The predicted molar refractivity (Wildman–Crippen MR) is 45.6 cm³/mol. The predicted octanol–water partition coefficient (Wildman–Crippen LogP) is 2.44. The van der Waals surface area contributed by atoms with Gasteiger partial charge in [-0.15, -0.1) is 13.2 Å². The van der Waals surface area contributed by atoms with E-state index in [4.69, 9.17) is 5.11 Å². The lowest BCUT2D eigenvalue weighted by Crippen LogP contribution is -2.19. The van der Waals surface area contributed by atoms with E-state index in [9.17, 15) is 18.0 Å². The van der Waals surface area contributed by atoms with Gasteiger partial charge in [0.05, 0.1) is 0 Å². The molecule has 0 spiro atoms. The van der Waals surface area contributed by atoms with Crippen LogP contribution in [0.25, 0.3) is 0 Å². The molecule has 1 rings (SSSR count). The zero-order chi connectivity index (χ0) is 11.6. The van der Waals surface area contributed by atoms with Crippen molar-refractivity contribution in [1.82, 2.24) is 4.98 Å². The number of pyridine rings is 1. The highest BCUT2D eigenvalue weighted by Crippen LogP contribution is 2.26. The van der Waals surface area contributed by atoms with E-state index < -0.39 is 23.8 Å². The molecular weight excluding hydrogens is 283 g/mol. The molecule has 0 aliphatic carbocycles. The summed E-state index contributed by atoms with van der Waals surface area (Å²) in [6.45, 7) is 0. The van der Waals surface area contributed by atoms with E-state index in [0.717, 1.165) is 12.1 Å². The molecule has 0 aromatic carbocycles. The van der Waals surface area contributed by atoms with Gasteiger partial charge in [-0.2, -0.15) is 0 Å². The number of carbonyl (C=O) groups is 1. The highest BCUT2D eigenvalue weighted by Gasteiger charge is 2.33. The normalized spacial score (nSPS) is 11.2. The summed E-state index contributed by atoms with van der Waals surface area (Å²) in [6, 6.07) is 2.02. The molecule has 0 unspecified atom stereocenters. The van der Waals surface area contributed by atoms with Gasteiger partial charge in [0.25, 0.3) is 0 Å². The molecule has 82 valence electrons. The lowest BCUT2D eigenvalue weighted by molar-refractivity contribution is -0.274. The van der Waals surface area contributed by atoms with Gasteiger partial charge >= 0.3 is 12.3 Å². The average molecular weight is 286 g/mol. The SMILES string of the molecule is O=C(O)c1nc(Br)ccc1OC(F)(F)F. The molecule has 0 saturated carbocycles. The van der Waals surface area contributed by atoms with E-state index in [-0.39, 0.29) is 4.60 Å². The first-order valence-corrected chi connectivity index (χ1v) is 4.24. The minimum Gasteiger partial charge on any atom is -0.476 e. The van der Waals surface area contributed by atoms with Gasteiger partial charge in [0.1, 0.15) is 4.60 Å². The molecule has 0 amide bonds. The van der Waals surface area contributed by atoms with Crippen molar-refractivity contribution >= 4 is 21.9 Å². The van der Waals surface area contributed by atoms with Crippen LogP contribution in [0.2, 0.25) is 0 Å². The van der Waals surface area contributed by atoms with Crippen molar-refractivity contribution in [2.45, 2.75) is 6.36 Å². The first kappa shape index (κ1) is 11.8. The number of hydrogen-bond donors (Lipinski definition) is 1. The summed E-state index contributed by atoms with van der Waals surface area (Å²) in [5.74, 6) is -2.45. The summed E-state index contributed by atoms with van der Waals surface area (Å²) >= 11 is 2.83. The van der Waals surface area contributed by atoms with E-state index >= 15 is 0 Å². The van der Waals surface area contributed by atoms with Crippen LogP contribution in [0.15, 0.2) is 16.7 Å². The number of carboxylic acid groups (broad SMARTS) is 1. The fraction of sp³-hybridized carbons (Fsp3) is 0.143. The number of aromatic carboxylic acids is 1. The van der Waals surface area contributed by atoms with Crippen LogP contribution >= 0.6 is 15.9 Å². The summed E-state index contributed by atoms with van der Waals surface area (Å²) < 4.78 is 39.1. The van der Waals surface area contributed by atoms with Gasteiger partial charge in [-0.1, -0.05) is 0 Å². The Morgan fingerprint density at radius 2 is 2.07 bits per heavy atom. The third kappa shape index (κ3) is 3.39. The molecule has 0 bridgehead atoms. The zero-order valence-electron chi connectivity index (χ0n) is 6.88. The minimum atomic E-state index is -4.94. The maximum atomic E-state index is 11.8. The fourth-order valence-electron chi connectivity index (χ4n) is 0.783. The van der Waals surface area contributed by atoms with E-state index in [0.29, 0.717) is 0 Å². The fourth-order valence-corrected chi connectivity index (χ4v) is 1.09. The summed E-state index contributed by atoms with van der Waals surface area (Å²) in [5, 5.41) is 8.56. The first-order chi connectivity index (χ1) is 6.79. The highest BCUT2D eigenvalue weighted by molar-refractivity contribution is 9.10. The van der Waals surface area contributed by atoms with Crippen LogP contribution in [-0.4, -0.2) is 22.4 Å². The van der Waals surface area contributed by atoms with Gasteiger partial charge in [-0.05, 0) is 28.1 Å². The van der Waals surface area contributed by atoms with Crippen molar-refractivity contribution in [2.24, 2.45) is 0 Å². The number of ether oxygens (including phenoxy) is 1. The van der Waals surface area contributed by atoms with Gasteiger partial charge in [0, 0.05) is 0 Å². The molecule has 0 fully saturated rings. The van der Waals surface area contributed by atoms with E-state index in [1.54, 1.807) is 0 Å². The standard InChI is InChI=1S/C7H3BrF3NO3/c8-4-2-1-3(15-7(9,10)11)5(12-4)6(13)14/h1-2H,(H,13,14). The largest absolute Gasteiger partial charge is 0.573 e. The quantitative estimate of drug-likeness (QED) is 0.848. The van der Waals surface area contributed by atoms with Crippen LogP contribution in [-0.2, 0) is 0 Å². The molecule has 1 aromatic heterocycles. The Labute approximate surface area is 89.8 Å². The van der Waals surface area contributed by atoms with Crippen molar-refractivity contribution in [2.75, 3.05) is 0 Å². The minimum absolute atomic E-state index is 0.106. The third-order valence-corrected chi connectivity index (χ3v) is 1.69. The Morgan fingerprint density at radius 3 is 2.53 bits per heavy atom. The number of halogens is 4. The van der Waals surface area contributed by atoms with Crippen LogP contribution in [0.1, 0.15) is 10.5 Å². The molecule has 1 heterocycles. The molecule has 8 heteroatoms. The molecule has 0 saturated heterocycles. The molecule has 0 aliphatic heterocycles. The first-order valence-electron chi connectivity index (χ1n) is 3.45. The number of nitrogens with zero attached hydrogens (tertiary/aromatic N) is 1. The van der Waals surface area contributed by atoms with Crippen molar-refractivity contribution in [1.29, 1.82) is 0 Å². The lowest BCUT2D eigenvalue weighted by atomic mass is 10.3. The monoisotopic (exact) mass is 285 g/mol. The molecule has 4 nitrogen and oxygen atoms in total. The molecule has 1 N–H and O–H groups in total. The van der Waals surface area contributed by atoms with Crippen LogP contribution in [0, 0.1) is 0 Å². The Balaban J connectivity index is 3.12. The molecule has 0 radical (unpaired) electrons. The average Bonchev–Trinajstić information content (AvgIpc) is 2.05. The smallest absolute Gasteiger partial charge is 0.476 e. The Kier molecular flexibility index (Phi) is 3.18. The summed E-state index contributed by atoms with van der Waals surface area (Å²) in [4.78, 5) is 13.9. The van der Waals surface area contributed by atoms with E-state index in [1.165, 1.54) is 0 Å². The summed E-state index contributed by atoms with van der Waals surface area (Å²) in [6.07, 6.45) is -4.94. The Hall–Kier alpha value is -1.31. The van der Waals surface area contributed by atoms with Crippen molar-refractivity contribution < 1.29 is 27.8 Å². The molecule has 0 aliphatic rings.